The normalized spacial score (nSPS) is 16.3. The Labute approximate surface area is 121 Å². The molecule has 21 heavy (non-hydrogen) atoms. The van der Waals surface area contributed by atoms with Gasteiger partial charge in [0.05, 0.1) is 12.1 Å². The van der Waals surface area contributed by atoms with Crippen molar-refractivity contribution in [2.75, 3.05) is 0 Å². The zero-order valence-corrected chi connectivity index (χ0v) is 11.5. The molecule has 1 aliphatic rings. The number of allylic oxidation sites excluding steroid dienone is 3. The van der Waals surface area contributed by atoms with Crippen molar-refractivity contribution in [2.24, 2.45) is 18.7 Å². The number of imidazole rings is 1. The highest BCUT2D eigenvalue weighted by Crippen LogP contribution is 2.09. The highest BCUT2D eigenvalue weighted by atomic mass is 16.1. The molecule has 0 aliphatic heterocycles. The molecule has 0 saturated heterocycles. The van der Waals surface area contributed by atoms with E-state index in [1.807, 2.05) is 24.3 Å². The molecule has 0 aromatic carbocycles. The molecule has 2 aromatic heterocycles. The number of aldehydes is 1. The summed E-state index contributed by atoms with van der Waals surface area (Å²) >= 11 is 0. The zero-order valence-electron chi connectivity index (χ0n) is 11.5. The van der Waals surface area contributed by atoms with Gasteiger partial charge in [-0.1, -0.05) is 24.3 Å². The second-order valence-electron chi connectivity index (χ2n) is 4.44. The zero-order chi connectivity index (χ0) is 15.2. The molecule has 0 spiro atoms. The van der Waals surface area contributed by atoms with Crippen LogP contribution in [0.15, 0.2) is 36.8 Å². The van der Waals surface area contributed by atoms with E-state index in [-0.39, 0.29) is 11.8 Å². The standard InChI is InChI=1S/C7H6N4O.C7H9NO/c1-11-5-2-8-4-9-7(5)10-6(11)3-12;8-7(9)6-4-2-1-3-5-6/h2-4H,1H3;1-4,6H,5H2,(H2,8,9). The molecule has 7 nitrogen and oxygen atoms in total. The van der Waals surface area contributed by atoms with Crippen LogP contribution >= 0.6 is 0 Å². The lowest BCUT2D eigenvalue weighted by Crippen LogP contribution is -2.21. The van der Waals surface area contributed by atoms with Crippen LogP contribution in [0.25, 0.3) is 11.2 Å². The molecule has 1 aliphatic carbocycles. The second kappa shape index (κ2) is 6.56. The molecular weight excluding hydrogens is 270 g/mol. The fraction of sp³-hybridized carbons (Fsp3) is 0.214. The number of aromatic nitrogens is 4. The highest BCUT2D eigenvalue weighted by molar-refractivity contribution is 5.80. The van der Waals surface area contributed by atoms with Gasteiger partial charge in [-0.2, -0.15) is 0 Å². The Morgan fingerprint density at radius 3 is 2.81 bits per heavy atom. The number of primary amides is 1. The quantitative estimate of drug-likeness (QED) is 0.821. The number of amides is 1. The Hall–Kier alpha value is -2.83. The number of hydrogen-bond donors (Lipinski definition) is 1. The Balaban J connectivity index is 0.000000161. The van der Waals surface area contributed by atoms with Crippen LogP contribution in [0.1, 0.15) is 17.0 Å². The van der Waals surface area contributed by atoms with E-state index in [1.165, 1.54) is 6.33 Å². The first-order valence-electron chi connectivity index (χ1n) is 6.33. The van der Waals surface area contributed by atoms with Crippen molar-refractivity contribution < 1.29 is 9.59 Å². The van der Waals surface area contributed by atoms with Crippen LogP contribution in [0.3, 0.4) is 0 Å². The summed E-state index contributed by atoms with van der Waals surface area (Å²) in [5.74, 6) is 0.0519. The minimum absolute atomic E-state index is 0.0741. The van der Waals surface area contributed by atoms with Gasteiger partial charge in [0.25, 0.3) is 0 Å². The fourth-order valence-electron chi connectivity index (χ4n) is 1.84. The Morgan fingerprint density at radius 2 is 2.29 bits per heavy atom. The summed E-state index contributed by atoms with van der Waals surface area (Å²) in [6, 6.07) is 0. The first-order chi connectivity index (χ1) is 10.1. The molecule has 108 valence electrons. The molecule has 1 amide bonds. The lowest BCUT2D eigenvalue weighted by Gasteiger charge is -2.06. The van der Waals surface area contributed by atoms with Crippen molar-refractivity contribution in [2.45, 2.75) is 6.42 Å². The molecule has 0 saturated carbocycles. The molecule has 1 unspecified atom stereocenters. The minimum Gasteiger partial charge on any atom is -0.369 e. The van der Waals surface area contributed by atoms with Crippen LogP contribution in [0.4, 0.5) is 0 Å². The molecule has 2 heterocycles. The van der Waals surface area contributed by atoms with E-state index in [0.717, 1.165) is 11.9 Å². The minimum atomic E-state index is -0.240. The number of hydrogen-bond acceptors (Lipinski definition) is 5. The molecule has 0 radical (unpaired) electrons. The Morgan fingerprint density at radius 1 is 1.48 bits per heavy atom. The van der Waals surface area contributed by atoms with Gasteiger partial charge in [-0.05, 0) is 6.42 Å². The third-order valence-electron chi connectivity index (χ3n) is 3.05. The second-order valence-corrected chi connectivity index (χ2v) is 4.44. The largest absolute Gasteiger partial charge is 0.369 e. The summed E-state index contributed by atoms with van der Waals surface area (Å²) in [6.45, 7) is 0. The molecule has 1 atom stereocenters. The average Bonchev–Trinajstić information content (AvgIpc) is 2.85. The Kier molecular flexibility index (Phi) is 4.55. The predicted octanol–water partition coefficient (Wildman–Crippen LogP) is 0.780. The Bertz CT molecular complexity index is 717. The molecular formula is C14H15N5O2. The van der Waals surface area contributed by atoms with Crippen molar-refractivity contribution in [3.05, 3.63) is 42.7 Å². The number of nitrogens with zero attached hydrogens (tertiary/aromatic N) is 4. The van der Waals surface area contributed by atoms with Crippen molar-refractivity contribution in [1.29, 1.82) is 0 Å². The van der Waals surface area contributed by atoms with Gasteiger partial charge in [-0.3, -0.25) is 9.59 Å². The fourth-order valence-corrected chi connectivity index (χ4v) is 1.84. The summed E-state index contributed by atoms with van der Waals surface area (Å²) in [7, 11) is 1.75. The van der Waals surface area contributed by atoms with E-state index >= 15 is 0 Å². The van der Waals surface area contributed by atoms with Gasteiger partial charge in [0.2, 0.25) is 5.91 Å². The summed E-state index contributed by atoms with van der Waals surface area (Å²) in [5.41, 5.74) is 6.36. The number of carbonyl (C=O) groups is 2. The van der Waals surface area contributed by atoms with Crippen molar-refractivity contribution in [3.63, 3.8) is 0 Å². The van der Waals surface area contributed by atoms with Gasteiger partial charge in [0.15, 0.2) is 17.8 Å². The third-order valence-corrected chi connectivity index (χ3v) is 3.05. The molecule has 0 bridgehead atoms. The van der Waals surface area contributed by atoms with E-state index in [4.69, 9.17) is 5.73 Å². The lowest BCUT2D eigenvalue weighted by molar-refractivity contribution is -0.120. The van der Waals surface area contributed by atoms with Crippen molar-refractivity contribution in [1.82, 2.24) is 19.5 Å². The van der Waals surface area contributed by atoms with Gasteiger partial charge in [0.1, 0.15) is 11.8 Å². The maximum atomic E-state index is 10.5. The smallest absolute Gasteiger partial charge is 0.224 e. The van der Waals surface area contributed by atoms with Crippen molar-refractivity contribution in [3.8, 4) is 0 Å². The van der Waals surface area contributed by atoms with Gasteiger partial charge in [-0.15, -0.1) is 0 Å². The third kappa shape index (κ3) is 3.38. The molecule has 2 N–H and O–H groups in total. The molecule has 3 rings (SSSR count). The topological polar surface area (TPSA) is 104 Å². The van der Waals surface area contributed by atoms with Crippen LogP contribution in [-0.2, 0) is 11.8 Å². The average molecular weight is 285 g/mol. The summed E-state index contributed by atoms with van der Waals surface area (Å²) < 4.78 is 1.66. The first-order valence-corrected chi connectivity index (χ1v) is 6.33. The van der Waals surface area contributed by atoms with Gasteiger partial charge in [-0.25, -0.2) is 15.0 Å². The van der Waals surface area contributed by atoms with Crippen LogP contribution in [0, 0.1) is 5.92 Å². The predicted molar refractivity (Wildman–Crippen MR) is 77.3 cm³/mol. The maximum absolute atomic E-state index is 10.5. The number of aryl methyl sites for hydroxylation is 1. The summed E-state index contributed by atoms with van der Waals surface area (Å²) in [5, 5.41) is 0. The first kappa shape index (κ1) is 14.6. The summed E-state index contributed by atoms with van der Waals surface area (Å²) in [4.78, 5) is 32.7. The van der Waals surface area contributed by atoms with Crippen LogP contribution < -0.4 is 5.73 Å². The number of fused-ring (bicyclic) bond motifs is 1. The monoisotopic (exact) mass is 285 g/mol. The SMILES string of the molecule is Cn1c(C=O)nc2ncncc21.NC(=O)C1C=CC=CC1. The van der Waals surface area contributed by atoms with Crippen molar-refractivity contribution >= 4 is 23.4 Å². The lowest BCUT2D eigenvalue weighted by atomic mass is 10.0. The number of nitrogens with two attached hydrogens (primary N) is 1. The van der Waals surface area contributed by atoms with Gasteiger partial charge in [0, 0.05) is 7.05 Å². The molecule has 0 fully saturated rings. The van der Waals surface area contributed by atoms with Crippen LogP contribution in [-0.4, -0.2) is 31.7 Å². The van der Waals surface area contributed by atoms with E-state index in [0.29, 0.717) is 17.8 Å². The molecule has 2 aromatic rings. The van der Waals surface area contributed by atoms with Gasteiger partial charge < -0.3 is 10.3 Å². The van der Waals surface area contributed by atoms with E-state index in [9.17, 15) is 9.59 Å². The number of carbonyl (C=O) groups excluding carboxylic acids is 2. The highest BCUT2D eigenvalue weighted by Gasteiger charge is 2.09. The van der Waals surface area contributed by atoms with E-state index < -0.39 is 0 Å². The van der Waals surface area contributed by atoms with Crippen LogP contribution in [0.5, 0.6) is 0 Å². The summed E-state index contributed by atoms with van der Waals surface area (Å²) in [6.07, 6.45) is 12.0. The molecule has 7 heteroatoms. The number of rotatable bonds is 2. The van der Waals surface area contributed by atoms with E-state index in [2.05, 4.69) is 15.0 Å². The van der Waals surface area contributed by atoms with Gasteiger partial charge >= 0.3 is 0 Å². The van der Waals surface area contributed by atoms with Crippen LogP contribution in [0.2, 0.25) is 0 Å². The van der Waals surface area contributed by atoms with E-state index in [1.54, 1.807) is 17.8 Å². The maximum Gasteiger partial charge on any atom is 0.224 e.